The summed E-state index contributed by atoms with van der Waals surface area (Å²) in [6, 6.07) is 13.7. The topological polar surface area (TPSA) is 93.7 Å². The number of rotatable bonds is 6. The molecule has 2 aromatic heterocycles. The Kier molecular flexibility index (Phi) is 7.10. The first kappa shape index (κ1) is 21.9. The second kappa shape index (κ2) is 10.4. The minimum Gasteiger partial charge on any atom is -0.461 e. The van der Waals surface area contributed by atoms with E-state index in [0.717, 1.165) is 12.0 Å². The Balaban J connectivity index is 1.45. The van der Waals surface area contributed by atoms with E-state index >= 15 is 0 Å². The molecule has 9 nitrogen and oxygen atoms in total. The Morgan fingerprint density at radius 3 is 2.56 bits per heavy atom. The third-order valence-electron chi connectivity index (χ3n) is 5.25. The van der Waals surface area contributed by atoms with Crippen molar-refractivity contribution in [2.75, 3.05) is 39.0 Å². The zero-order valence-corrected chi connectivity index (χ0v) is 18.7. The van der Waals surface area contributed by atoms with Crippen molar-refractivity contribution in [1.29, 1.82) is 0 Å². The second-order valence-electron chi connectivity index (χ2n) is 7.34. The van der Waals surface area contributed by atoms with Gasteiger partial charge in [0.25, 0.3) is 0 Å². The van der Waals surface area contributed by atoms with Crippen molar-refractivity contribution in [3.8, 4) is 11.6 Å². The van der Waals surface area contributed by atoms with E-state index in [2.05, 4.69) is 10.2 Å². The van der Waals surface area contributed by atoms with E-state index in [4.69, 9.17) is 9.15 Å². The van der Waals surface area contributed by atoms with E-state index in [9.17, 15) is 9.59 Å². The first-order chi connectivity index (χ1) is 15.7. The molecule has 0 atom stereocenters. The van der Waals surface area contributed by atoms with Crippen LogP contribution in [0.15, 0.2) is 58.3 Å². The molecule has 1 aromatic carbocycles. The quantitative estimate of drug-likeness (QED) is 0.528. The Morgan fingerprint density at radius 1 is 1.03 bits per heavy atom. The monoisotopic (exact) mass is 455 g/mol. The highest BCUT2D eigenvalue weighted by atomic mass is 32.2. The van der Waals surface area contributed by atoms with Gasteiger partial charge in [-0.3, -0.25) is 9.36 Å². The third-order valence-corrected chi connectivity index (χ3v) is 6.20. The van der Waals surface area contributed by atoms with Gasteiger partial charge in [0.2, 0.25) is 11.7 Å². The van der Waals surface area contributed by atoms with Gasteiger partial charge in [-0.1, -0.05) is 42.1 Å². The van der Waals surface area contributed by atoms with E-state index in [0.29, 0.717) is 49.5 Å². The van der Waals surface area contributed by atoms with E-state index in [-0.39, 0.29) is 17.8 Å². The Morgan fingerprint density at radius 2 is 1.81 bits per heavy atom. The van der Waals surface area contributed by atoms with Gasteiger partial charge in [0.05, 0.1) is 25.7 Å². The Bertz CT molecular complexity index is 1040. The number of thioether (sulfide) groups is 1. The number of ether oxygens (including phenoxy) is 1. The fourth-order valence-corrected chi connectivity index (χ4v) is 4.43. The highest BCUT2D eigenvalue weighted by molar-refractivity contribution is 7.99. The number of benzene rings is 1. The normalized spacial score (nSPS) is 14.3. The van der Waals surface area contributed by atoms with Crippen LogP contribution in [0.1, 0.15) is 12.0 Å². The molecule has 3 aromatic rings. The summed E-state index contributed by atoms with van der Waals surface area (Å²) >= 11 is 1.36. The van der Waals surface area contributed by atoms with Gasteiger partial charge in [0.1, 0.15) is 0 Å². The van der Waals surface area contributed by atoms with Crippen molar-refractivity contribution >= 4 is 23.8 Å². The fraction of sp³-hybridized carbons (Fsp3) is 0.364. The van der Waals surface area contributed by atoms with Crippen LogP contribution in [0, 0.1) is 0 Å². The van der Waals surface area contributed by atoms with Crippen LogP contribution < -0.4 is 0 Å². The molecule has 3 heterocycles. The lowest BCUT2D eigenvalue weighted by Crippen LogP contribution is -2.38. The molecule has 0 spiro atoms. The lowest BCUT2D eigenvalue weighted by molar-refractivity contribution is -0.128. The number of hydrogen-bond donors (Lipinski definition) is 0. The van der Waals surface area contributed by atoms with E-state index in [1.54, 1.807) is 16.1 Å². The van der Waals surface area contributed by atoms with Crippen LogP contribution in [0.3, 0.4) is 0 Å². The lowest BCUT2D eigenvalue weighted by atomic mass is 10.2. The van der Waals surface area contributed by atoms with E-state index in [1.807, 2.05) is 47.0 Å². The molecule has 0 saturated carbocycles. The summed E-state index contributed by atoms with van der Waals surface area (Å²) in [6.45, 7) is 2.72. The van der Waals surface area contributed by atoms with Crippen LogP contribution in [0.5, 0.6) is 0 Å². The number of methoxy groups -OCH3 is 1. The van der Waals surface area contributed by atoms with Crippen molar-refractivity contribution in [3.05, 3.63) is 54.3 Å². The molecule has 0 radical (unpaired) electrons. The number of carbonyl (C=O) groups excluding carboxylic acids is 2. The van der Waals surface area contributed by atoms with Crippen LogP contribution in [0.4, 0.5) is 4.79 Å². The number of hydrogen-bond acceptors (Lipinski definition) is 7. The molecule has 32 heavy (non-hydrogen) atoms. The molecule has 168 valence electrons. The highest BCUT2D eigenvalue weighted by Crippen LogP contribution is 2.26. The standard InChI is InChI=1S/C22H25N5O4S/c1-30-22(29)26-11-6-10-25(12-13-26)19(28)16-32-21-24-23-20(18-9-5-14-31-18)27(21)15-17-7-3-2-4-8-17/h2-5,7-9,14H,6,10-13,15-16H2,1H3. The highest BCUT2D eigenvalue weighted by Gasteiger charge is 2.23. The van der Waals surface area contributed by atoms with Gasteiger partial charge >= 0.3 is 6.09 Å². The molecule has 1 fully saturated rings. The Labute approximate surface area is 190 Å². The lowest BCUT2D eigenvalue weighted by Gasteiger charge is -2.21. The van der Waals surface area contributed by atoms with E-state index in [1.165, 1.54) is 18.9 Å². The van der Waals surface area contributed by atoms with Crippen LogP contribution >= 0.6 is 11.8 Å². The summed E-state index contributed by atoms with van der Waals surface area (Å²) in [6.07, 6.45) is 1.97. The molecule has 1 aliphatic rings. The summed E-state index contributed by atoms with van der Waals surface area (Å²) in [4.78, 5) is 28.1. The molecule has 10 heteroatoms. The van der Waals surface area contributed by atoms with Crippen molar-refractivity contribution in [2.24, 2.45) is 0 Å². The summed E-state index contributed by atoms with van der Waals surface area (Å²) in [5, 5.41) is 9.29. The molecule has 1 aliphatic heterocycles. The average Bonchev–Trinajstić information content (AvgIpc) is 3.41. The second-order valence-corrected chi connectivity index (χ2v) is 8.28. The predicted octanol–water partition coefficient (Wildman–Crippen LogP) is 2.98. The molecule has 0 bridgehead atoms. The first-order valence-electron chi connectivity index (χ1n) is 10.4. The first-order valence-corrected chi connectivity index (χ1v) is 11.4. The van der Waals surface area contributed by atoms with Gasteiger partial charge in [-0.2, -0.15) is 0 Å². The molecule has 1 saturated heterocycles. The van der Waals surface area contributed by atoms with Gasteiger partial charge in [-0.25, -0.2) is 4.79 Å². The van der Waals surface area contributed by atoms with Gasteiger partial charge in [0, 0.05) is 26.2 Å². The third kappa shape index (κ3) is 5.13. The van der Waals surface area contributed by atoms with Crippen LogP contribution in [-0.2, 0) is 16.1 Å². The summed E-state index contributed by atoms with van der Waals surface area (Å²) < 4.78 is 12.3. The smallest absolute Gasteiger partial charge is 0.409 e. The van der Waals surface area contributed by atoms with Crippen molar-refractivity contribution < 1.29 is 18.7 Å². The molecule has 0 unspecified atom stereocenters. The zero-order valence-electron chi connectivity index (χ0n) is 17.8. The number of amides is 2. The van der Waals surface area contributed by atoms with Gasteiger partial charge in [0.15, 0.2) is 10.9 Å². The number of carbonyl (C=O) groups is 2. The summed E-state index contributed by atoms with van der Waals surface area (Å²) in [7, 11) is 1.37. The Hall–Kier alpha value is -3.27. The maximum absolute atomic E-state index is 12.9. The number of nitrogens with zero attached hydrogens (tertiary/aromatic N) is 5. The van der Waals surface area contributed by atoms with Crippen LogP contribution in [-0.4, -0.2) is 75.6 Å². The zero-order chi connectivity index (χ0) is 22.3. The molecule has 0 N–H and O–H groups in total. The SMILES string of the molecule is COC(=O)N1CCCN(C(=O)CSc2nnc(-c3ccco3)n2Cc2ccccc2)CC1. The number of aromatic nitrogens is 3. The molecular formula is C22H25N5O4S. The molecule has 0 aliphatic carbocycles. The number of furan rings is 1. The van der Waals surface area contributed by atoms with Crippen molar-refractivity contribution in [2.45, 2.75) is 18.1 Å². The maximum Gasteiger partial charge on any atom is 0.409 e. The largest absolute Gasteiger partial charge is 0.461 e. The van der Waals surface area contributed by atoms with Gasteiger partial charge in [-0.05, 0) is 24.1 Å². The van der Waals surface area contributed by atoms with Gasteiger partial charge in [-0.15, -0.1) is 10.2 Å². The van der Waals surface area contributed by atoms with Crippen LogP contribution in [0.2, 0.25) is 0 Å². The van der Waals surface area contributed by atoms with Crippen molar-refractivity contribution in [3.63, 3.8) is 0 Å². The van der Waals surface area contributed by atoms with Crippen molar-refractivity contribution in [1.82, 2.24) is 24.6 Å². The molecular weight excluding hydrogens is 430 g/mol. The fourth-order valence-electron chi connectivity index (χ4n) is 3.59. The minimum atomic E-state index is -0.354. The predicted molar refractivity (Wildman–Crippen MR) is 119 cm³/mol. The van der Waals surface area contributed by atoms with E-state index < -0.39 is 0 Å². The minimum absolute atomic E-state index is 0.00975. The molecule has 2 amide bonds. The summed E-state index contributed by atoms with van der Waals surface area (Å²) in [5.41, 5.74) is 1.10. The van der Waals surface area contributed by atoms with Crippen LogP contribution in [0.25, 0.3) is 11.6 Å². The summed E-state index contributed by atoms with van der Waals surface area (Å²) in [5.74, 6) is 1.50. The van der Waals surface area contributed by atoms with Gasteiger partial charge < -0.3 is 19.0 Å². The molecule has 4 rings (SSSR count). The average molecular weight is 456 g/mol. The maximum atomic E-state index is 12.9.